The van der Waals surface area contributed by atoms with Gasteiger partial charge in [0.05, 0.1) is 5.39 Å². The summed E-state index contributed by atoms with van der Waals surface area (Å²) in [6.45, 7) is 5.13. The Bertz CT molecular complexity index is 1280. The third-order valence-electron chi connectivity index (χ3n) is 6.17. The van der Waals surface area contributed by atoms with Gasteiger partial charge in [0.1, 0.15) is 15.5 Å². The average molecular weight is 438 g/mol. The summed E-state index contributed by atoms with van der Waals surface area (Å²) in [6.07, 6.45) is 1.57. The van der Waals surface area contributed by atoms with Crippen molar-refractivity contribution in [3.8, 4) is 0 Å². The van der Waals surface area contributed by atoms with Gasteiger partial charge < -0.3 is 9.64 Å². The summed E-state index contributed by atoms with van der Waals surface area (Å²) in [5, 5.41) is 0.481. The van der Waals surface area contributed by atoms with Crippen LogP contribution in [0.3, 0.4) is 0 Å². The summed E-state index contributed by atoms with van der Waals surface area (Å²) < 4.78 is 7.23. The SMILES string of the molecule is Cc1c(C(=O)OC(C)C(=O)N2CCc3ccccc3C2)sc2nc3n(c(=O)c12)CCC3. The van der Waals surface area contributed by atoms with E-state index in [1.54, 1.807) is 23.3 Å². The Morgan fingerprint density at radius 1 is 1.16 bits per heavy atom. The number of hydrogen-bond donors (Lipinski definition) is 0. The van der Waals surface area contributed by atoms with Gasteiger partial charge in [-0.25, -0.2) is 9.78 Å². The highest BCUT2D eigenvalue weighted by molar-refractivity contribution is 7.20. The number of ether oxygens (including phenoxy) is 1. The molecule has 4 heterocycles. The number of thiophene rings is 1. The molecular weight excluding hydrogens is 414 g/mol. The fourth-order valence-corrected chi connectivity index (χ4v) is 5.55. The van der Waals surface area contributed by atoms with Gasteiger partial charge in [-0.2, -0.15) is 0 Å². The van der Waals surface area contributed by atoms with Crippen molar-refractivity contribution in [1.29, 1.82) is 0 Å². The molecule has 2 aliphatic rings. The maximum atomic E-state index is 12.9. The number of aromatic nitrogens is 2. The maximum absolute atomic E-state index is 12.9. The largest absolute Gasteiger partial charge is 0.448 e. The van der Waals surface area contributed by atoms with E-state index in [0.29, 0.717) is 40.3 Å². The van der Waals surface area contributed by atoms with E-state index < -0.39 is 12.1 Å². The first kappa shape index (κ1) is 19.9. The van der Waals surface area contributed by atoms with E-state index in [0.717, 1.165) is 30.7 Å². The van der Waals surface area contributed by atoms with Crippen molar-refractivity contribution in [2.75, 3.05) is 6.54 Å². The first-order chi connectivity index (χ1) is 14.9. The maximum Gasteiger partial charge on any atom is 0.349 e. The topological polar surface area (TPSA) is 81.5 Å². The predicted molar refractivity (Wildman–Crippen MR) is 117 cm³/mol. The third-order valence-corrected chi connectivity index (χ3v) is 7.34. The van der Waals surface area contributed by atoms with Crippen LogP contribution in [0.2, 0.25) is 0 Å². The highest BCUT2D eigenvalue weighted by Crippen LogP contribution is 2.29. The van der Waals surface area contributed by atoms with Gasteiger partial charge in [-0.15, -0.1) is 11.3 Å². The van der Waals surface area contributed by atoms with Crippen LogP contribution in [-0.2, 0) is 35.5 Å². The van der Waals surface area contributed by atoms with Gasteiger partial charge >= 0.3 is 5.97 Å². The quantitative estimate of drug-likeness (QED) is 0.589. The third kappa shape index (κ3) is 3.35. The number of aryl methyl sites for hydroxylation is 2. The van der Waals surface area contributed by atoms with Crippen LogP contribution in [0.5, 0.6) is 0 Å². The van der Waals surface area contributed by atoms with Crippen molar-refractivity contribution in [2.45, 2.75) is 52.3 Å². The van der Waals surface area contributed by atoms with Crippen LogP contribution in [-0.4, -0.2) is 39.0 Å². The van der Waals surface area contributed by atoms with E-state index in [1.165, 1.54) is 16.9 Å². The zero-order chi connectivity index (χ0) is 21.7. The van der Waals surface area contributed by atoms with Crippen LogP contribution in [0, 0.1) is 6.92 Å². The van der Waals surface area contributed by atoms with Crippen LogP contribution >= 0.6 is 11.3 Å². The van der Waals surface area contributed by atoms with Crippen LogP contribution in [0.1, 0.15) is 45.5 Å². The fourth-order valence-electron chi connectivity index (χ4n) is 4.48. The summed E-state index contributed by atoms with van der Waals surface area (Å²) in [6, 6.07) is 8.07. The van der Waals surface area contributed by atoms with Gasteiger partial charge in [0.15, 0.2) is 6.10 Å². The Morgan fingerprint density at radius 2 is 1.94 bits per heavy atom. The minimum Gasteiger partial charge on any atom is -0.448 e. The van der Waals surface area contributed by atoms with Crippen LogP contribution < -0.4 is 5.56 Å². The number of hydrogen-bond acceptors (Lipinski definition) is 6. The first-order valence-electron chi connectivity index (χ1n) is 10.5. The predicted octanol–water partition coefficient (Wildman–Crippen LogP) is 2.84. The minimum absolute atomic E-state index is 0.0959. The molecule has 1 amide bonds. The molecular formula is C23H23N3O4S. The minimum atomic E-state index is -0.901. The van der Waals surface area contributed by atoms with Crippen LogP contribution in [0.15, 0.2) is 29.1 Å². The molecule has 1 atom stereocenters. The molecule has 2 aliphatic heterocycles. The van der Waals surface area contributed by atoms with Crippen LogP contribution in [0.4, 0.5) is 0 Å². The highest BCUT2D eigenvalue weighted by Gasteiger charge is 2.29. The van der Waals surface area contributed by atoms with E-state index >= 15 is 0 Å². The fraction of sp³-hybridized carbons (Fsp3) is 0.391. The van der Waals surface area contributed by atoms with Gasteiger partial charge in [-0.1, -0.05) is 24.3 Å². The van der Waals surface area contributed by atoms with Crippen molar-refractivity contribution >= 4 is 33.4 Å². The molecule has 0 saturated carbocycles. The number of carbonyl (C=O) groups excluding carboxylic acids is 2. The molecule has 0 bridgehead atoms. The summed E-state index contributed by atoms with van der Waals surface area (Å²) >= 11 is 1.17. The second-order valence-corrected chi connectivity index (χ2v) is 9.15. The number of rotatable bonds is 3. The number of carbonyl (C=O) groups is 2. The number of amides is 1. The molecule has 3 aromatic rings. The van der Waals surface area contributed by atoms with Gasteiger partial charge in [-0.05, 0) is 43.4 Å². The smallest absolute Gasteiger partial charge is 0.349 e. The molecule has 7 nitrogen and oxygen atoms in total. The molecule has 0 saturated heterocycles. The monoisotopic (exact) mass is 437 g/mol. The number of esters is 1. The summed E-state index contributed by atoms with van der Waals surface area (Å²) in [7, 11) is 0. The van der Waals surface area contributed by atoms with E-state index in [1.807, 2.05) is 18.2 Å². The Morgan fingerprint density at radius 3 is 2.74 bits per heavy atom. The summed E-state index contributed by atoms with van der Waals surface area (Å²) in [4.78, 5) is 45.8. The molecule has 0 aliphatic carbocycles. The Labute approximate surface area is 183 Å². The van der Waals surface area contributed by atoms with Crippen molar-refractivity contribution in [3.63, 3.8) is 0 Å². The lowest BCUT2D eigenvalue weighted by atomic mass is 9.99. The zero-order valence-corrected chi connectivity index (χ0v) is 18.3. The van der Waals surface area contributed by atoms with Gasteiger partial charge in [-0.3, -0.25) is 14.2 Å². The molecule has 160 valence electrons. The second-order valence-electron chi connectivity index (χ2n) is 8.15. The standard InChI is InChI=1S/C23H23N3O4S/c1-13-18-20(24-17-8-5-10-26(17)22(18)28)31-19(13)23(29)30-14(2)21(27)25-11-9-15-6-3-4-7-16(15)12-25/h3-4,6-7,14H,5,8-12H2,1-2H3. The van der Waals surface area contributed by atoms with E-state index in [-0.39, 0.29) is 11.5 Å². The molecule has 0 spiro atoms. The average Bonchev–Trinajstić information content (AvgIpc) is 3.37. The Kier molecular flexibility index (Phi) is 4.89. The first-order valence-corrected chi connectivity index (χ1v) is 11.3. The molecule has 1 unspecified atom stereocenters. The number of nitrogens with zero attached hydrogens (tertiary/aromatic N) is 3. The lowest BCUT2D eigenvalue weighted by Crippen LogP contribution is -2.42. The number of fused-ring (bicyclic) bond motifs is 3. The normalized spacial score (nSPS) is 16.1. The molecule has 2 aromatic heterocycles. The Hall–Kier alpha value is -3.00. The summed E-state index contributed by atoms with van der Waals surface area (Å²) in [5.74, 6) is -0.0188. The van der Waals surface area contributed by atoms with Crippen molar-refractivity contribution in [2.24, 2.45) is 0 Å². The molecule has 0 radical (unpaired) electrons. The van der Waals surface area contributed by atoms with Gasteiger partial charge in [0.25, 0.3) is 11.5 Å². The molecule has 0 fully saturated rings. The second kappa shape index (κ2) is 7.60. The molecule has 8 heteroatoms. The van der Waals surface area contributed by atoms with Crippen molar-refractivity contribution in [1.82, 2.24) is 14.5 Å². The lowest BCUT2D eigenvalue weighted by molar-refractivity contribution is -0.140. The van der Waals surface area contributed by atoms with Gasteiger partial charge in [0, 0.05) is 26.1 Å². The van der Waals surface area contributed by atoms with E-state index in [9.17, 15) is 14.4 Å². The summed E-state index contributed by atoms with van der Waals surface area (Å²) in [5.41, 5.74) is 2.86. The van der Waals surface area contributed by atoms with Crippen molar-refractivity contribution in [3.05, 3.63) is 62.0 Å². The molecule has 31 heavy (non-hydrogen) atoms. The van der Waals surface area contributed by atoms with E-state index in [4.69, 9.17) is 4.74 Å². The highest BCUT2D eigenvalue weighted by atomic mass is 32.1. The number of benzene rings is 1. The zero-order valence-electron chi connectivity index (χ0n) is 17.5. The Balaban J connectivity index is 1.35. The molecule has 1 aromatic carbocycles. The van der Waals surface area contributed by atoms with Crippen molar-refractivity contribution < 1.29 is 14.3 Å². The van der Waals surface area contributed by atoms with E-state index in [2.05, 4.69) is 11.1 Å². The van der Waals surface area contributed by atoms with Gasteiger partial charge in [0.2, 0.25) is 0 Å². The van der Waals surface area contributed by atoms with Crippen LogP contribution in [0.25, 0.3) is 10.2 Å². The molecule has 0 N–H and O–H groups in total. The lowest BCUT2D eigenvalue weighted by Gasteiger charge is -2.30. The molecule has 5 rings (SSSR count).